The number of aliphatic hydroxyl groups excluding tert-OH is 1. The molecule has 2 atom stereocenters. The molecule has 19 heavy (non-hydrogen) atoms. The Hall–Kier alpha value is -0.520. The van der Waals surface area contributed by atoms with Crippen LogP contribution in [0.4, 0.5) is 8.78 Å². The zero-order chi connectivity index (χ0) is 14.8. The Labute approximate surface area is 120 Å². The number of hydrogen-bond donors (Lipinski definition) is 1. The Balaban J connectivity index is 3.24. The fraction of sp³-hybridized carbons (Fsp3) is 0.571. The van der Waals surface area contributed by atoms with E-state index in [1.807, 2.05) is 20.8 Å². The summed E-state index contributed by atoms with van der Waals surface area (Å²) in [7, 11) is 0. The molecule has 2 nitrogen and oxygen atoms in total. The smallest absolute Gasteiger partial charge is 0.146 e. The van der Waals surface area contributed by atoms with Gasteiger partial charge in [-0.2, -0.15) is 0 Å². The topological polar surface area (TPSA) is 29.5 Å². The van der Waals surface area contributed by atoms with Gasteiger partial charge in [0.2, 0.25) is 0 Å². The number of halogens is 3. The molecule has 1 N–H and O–H groups in total. The zero-order valence-electron chi connectivity index (χ0n) is 11.5. The fourth-order valence-corrected chi connectivity index (χ4v) is 2.31. The lowest BCUT2D eigenvalue weighted by Gasteiger charge is -2.34. The van der Waals surface area contributed by atoms with Crippen LogP contribution in [0.25, 0.3) is 0 Å². The Morgan fingerprint density at radius 1 is 1.32 bits per heavy atom. The van der Waals surface area contributed by atoms with E-state index in [2.05, 4.69) is 15.9 Å². The van der Waals surface area contributed by atoms with Crippen molar-refractivity contribution in [2.45, 2.75) is 39.9 Å². The van der Waals surface area contributed by atoms with Gasteiger partial charge in [-0.1, -0.05) is 20.8 Å². The van der Waals surface area contributed by atoms with Gasteiger partial charge in [0.15, 0.2) is 0 Å². The van der Waals surface area contributed by atoms with Gasteiger partial charge in [0.1, 0.15) is 17.7 Å². The van der Waals surface area contributed by atoms with Crippen LogP contribution in [-0.2, 0) is 4.74 Å². The van der Waals surface area contributed by atoms with E-state index in [0.717, 1.165) is 6.07 Å². The van der Waals surface area contributed by atoms with Crippen LogP contribution in [0.1, 0.15) is 39.4 Å². The van der Waals surface area contributed by atoms with Gasteiger partial charge in [0.05, 0.1) is 16.1 Å². The Morgan fingerprint density at radius 2 is 1.89 bits per heavy atom. The van der Waals surface area contributed by atoms with Crippen molar-refractivity contribution >= 4 is 15.9 Å². The Bertz CT molecular complexity index is 444. The maximum Gasteiger partial charge on any atom is 0.146 e. The first kappa shape index (κ1) is 16.5. The summed E-state index contributed by atoms with van der Waals surface area (Å²) in [5, 5.41) is 10.3. The van der Waals surface area contributed by atoms with Gasteiger partial charge in [-0.25, -0.2) is 8.78 Å². The average Bonchev–Trinajstić information content (AvgIpc) is 2.29. The molecule has 1 aromatic carbocycles. The van der Waals surface area contributed by atoms with Crippen LogP contribution in [0.3, 0.4) is 0 Å². The van der Waals surface area contributed by atoms with Crippen LogP contribution in [0.15, 0.2) is 16.6 Å². The summed E-state index contributed by atoms with van der Waals surface area (Å²) < 4.78 is 33.4. The van der Waals surface area contributed by atoms with Gasteiger partial charge in [0.25, 0.3) is 0 Å². The molecule has 0 bridgehead atoms. The summed E-state index contributed by atoms with van der Waals surface area (Å²) in [6.07, 6.45) is -2.06. The molecular formula is C14H19BrF2O2. The molecule has 108 valence electrons. The summed E-state index contributed by atoms with van der Waals surface area (Å²) in [5.74, 6) is -1.57. The van der Waals surface area contributed by atoms with Crippen molar-refractivity contribution < 1.29 is 18.6 Å². The largest absolute Gasteiger partial charge is 0.385 e. The summed E-state index contributed by atoms with van der Waals surface area (Å²) in [6.45, 7) is 7.69. The van der Waals surface area contributed by atoms with E-state index in [9.17, 15) is 13.9 Å². The highest BCUT2D eigenvalue weighted by atomic mass is 79.9. The van der Waals surface area contributed by atoms with Crippen LogP contribution >= 0.6 is 15.9 Å². The second-order valence-electron chi connectivity index (χ2n) is 5.44. The monoisotopic (exact) mass is 336 g/mol. The van der Waals surface area contributed by atoms with Crippen LogP contribution in [0, 0.1) is 17.0 Å². The third-order valence-corrected chi connectivity index (χ3v) is 3.47. The molecule has 0 amide bonds. The first-order chi connectivity index (χ1) is 8.70. The lowest BCUT2D eigenvalue weighted by Crippen LogP contribution is -2.36. The highest BCUT2D eigenvalue weighted by molar-refractivity contribution is 9.10. The highest BCUT2D eigenvalue weighted by Gasteiger charge is 2.36. The standard InChI is InChI=1S/C14H19BrF2O2/c1-5-19-13(14(2,3)4)12(18)10-9(16)7-6-8(15)11(10)17/h6-7,12-13,18H,5H2,1-4H3. The normalized spacial score (nSPS) is 15.4. The molecule has 0 fully saturated rings. The third-order valence-electron chi connectivity index (χ3n) is 2.86. The van der Waals surface area contributed by atoms with Crippen molar-refractivity contribution in [2.75, 3.05) is 6.61 Å². The molecule has 0 aliphatic carbocycles. The minimum atomic E-state index is -1.36. The van der Waals surface area contributed by atoms with Crippen molar-refractivity contribution in [3.63, 3.8) is 0 Å². The van der Waals surface area contributed by atoms with E-state index in [1.165, 1.54) is 6.07 Å². The minimum Gasteiger partial charge on any atom is -0.385 e. The second-order valence-corrected chi connectivity index (χ2v) is 6.30. The van der Waals surface area contributed by atoms with Gasteiger partial charge in [-0.3, -0.25) is 0 Å². The van der Waals surface area contributed by atoms with E-state index >= 15 is 0 Å². The number of hydrogen-bond acceptors (Lipinski definition) is 2. The fourth-order valence-electron chi connectivity index (χ4n) is 1.96. The zero-order valence-corrected chi connectivity index (χ0v) is 13.1. The minimum absolute atomic E-state index is 0.118. The van der Waals surface area contributed by atoms with Crippen molar-refractivity contribution in [1.29, 1.82) is 0 Å². The van der Waals surface area contributed by atoms with Crippen molar-refractivity contribution in [1.82, 2.24) is 0 Å². The van der Waals surface area contributed by atoms with E-state index in [-0.39, 0.29) is 10.0 Å². The number of aliphatic hydroxyl groups is 1. The molecule has 0 aliphatic rings. The van der Waals surface area contributed by atoms with Gasteiger partial charge >= 0.3 is 0 Å². The molecular weight excluding hydrogens is 318 g/mol. The molecule has 1 aromatic rings. The SMILES string of the molecule is CCOC(C(O)c1c(F)ccc(Br)c1F)C(C)(C)C. The van der Waals surface area contributed by atoms with E-state index in [4.69, 9.17) is 4.74 Å². The molecule has 0 saturated carbocycles. The highest BCUT2D eigenvalue weighted by Crippen LogP contribution is 2.36. The molecule has 0 saturated heterocycles. The maximum atomic E-state index is 14.0. The first-order valence-corrected chi connectivity index (χ1v) is 6.92. The van der Waals surface area contributed by atoms with E-state index in [0.29, 0.717) is 6.61 Å². The van der Waals surface area contributed by atoms with Crippen LogP contribution < -0.4 is 0 Å². The van der Waals surface area contributed by atoms with Gasteiger partial charge in [0, 0.05) is 6.61 Å². The average molecular weight is 337 g/mol. The maximum absolute atomic E-state index is 14.0. The van der Waals surface area contributed by atoms with Gasteiger partial charge in [-0.05, 0) is 40.4 Å². The van der Waals surface area contributed by atoms with Crippen LogP contribution in [0.2, 0.25) is 0 Å². The van der Waals surface area contributed by atoms with Crippen molar-refractivity contribution in [3.8, 4) is 0 Å². The molecule has 5 heteroatoms. The number of ether oxygens (including phenoxy) is 1. The summed E-state index contributed by atoms with van der Waals surface area (Å²) in [6, 6.07) is 2.39. The predicted molar refractivity (Wildman–Crippen MR) is 73.9 cm³/mol. The molecule has 0 aromatic heterocycles. The third kappa shape index (κ3) is 3.74. The lowest BCUT2D eigenvalue weighted by atomic mass is 9.83. The van der Waals surface area contributed by atoms with Crippen molar-refractivity contribution in [2.24, 2.45) is 5.41 Å². The molecule has 0 aliphatic heterocycles. The van der Waals surface area contributed by atoms with Crippen molar-refractivity contribution in [3.05, 3.63) is 33.8 Å². The molecule has 1 rings (SSSR count). The quantitative estimate of drug-likeness (QED) is 0.834. The predicted octanol–water partition coefficient (Wildman–Crippen LogP) is 4.21. The summed E-state index contributed by atoms with van der Waals surface area (Å²) >= 11 is 2.99. The van der Waals surface area contributed by atoms with Crippen LogP contribution in [-0.4, -0.2) is 17.8 Å². The summed E-state index contributed by atoms with van der Waals surface area (Å²) in [4.78, 5) is 0. The summed E-state index contributed by atoms with van der Waals surface area (Å²) in [5.41, 5.74) is -0.806. The molecule has 0 radical (unpaired) electrons. The molecule has 2 unspecified atom stereocenters. The van der Waals surface area contributed by atoms with Gasteiger partial charge < -0.3 is 9.84 Å². The number of rotatable bonds is 4. The molecule has 0 spiro atoms. The molecule has 0 heterocycles. The Kier molecular flexibility index (Phi) is 5.47. The van der Waals surface area contributed by atoms with Crippen LogP contribution in [0.5, 0.6) is 0 Å². The van der Waals surface area contributed by atoms with Gasteiger partial charge in [-0.15, -0.1) is 0 Å². The van der Waals surface area contributed by atoms with E-state index in [1.54, 1.807) is 6.92 Å². The Morgan fingerprint density at radius 3 is 2.37 bits per heavy atom. The second kappa shape index (κ2) is 6.29. The van der Waals surface area contributed by atoms with E-state index < -0.39 is 29.3 Å². The first-order valence-electron chi connectivity index (χ1n) is 6.13. The number of benzene rings is 1. The lowest BCUT2D eigenvalue weighted by molar-refractivity contribution is -0.0919.